The molecule has 2 aromatic carbocycles. The van der Waals surface area contributed by atoms with Crippen molar-refractivity contribution in [2.24, 2.45) is 5.84 Å². The molecule has 0 unspecified atom stereocenters. The van der Waals surface area contributed by atoms with Crippen LogP contribution >= 0.6 is 12.4 Å². The number of carbonyl (C=O) groups excluding carboxylic acids is 2. The number of halogens is 1. The van der Waals surface area contributed by atoms with Crippen LogP contribution in [-0.4, -0.2) is 23.6 Å². The van der Waals surface area contributed by atoms with E-state index in [1.54, 1.807) is 0 Å². The molecule has 7 heteroatoms. The van der Waals surface area contributed by atoms with E-state index in [-0.39, 0.29) is 38.6 Å². The van der Waals surface area contributed by atoms with Gasteiger partial charge in [0, 0.05) is 0 Å². The molecule has 25 heavy (non-hydrogen) atoms. The van der Waals surface area contributed by atoms with Crippen LogP contribution in [0.25, 0.3) is 0 Å². The predicted octanol–water partition coefficient (Wildman–Crippen LogP) is 3.05. The van der Waals surface area contributed by atoms with Gasteiger partial charge in [-0.05, 0) is 11.1 Å². The minimum absolute atomic E-state index is 0. The van der Waals surface area contributed by atoms with Gasteiger partial charge >= 0.3 is 12.1 Å². The summed E-state index contributed by atoms with van der Waals surface area (Å²) in [4.78, 5) is 23.4. The number of esters is 1. The molecule has 0 spiro atoms. The zero-order chi connectivity index (χ0) is 17.2. The van der Waals surface area contributed by atoms with Gasteiger partial charge in [-0.3, -0.25) is 4.79 Å². The van der Waals surface area contributed by atoms with Gasteiger partial charge in [0.25, 0.3) is 0 Å². The molecule has 0 bridgehead atoms. The Balaban J connectivity index is 0.00000312. The minimum atomic E-state index is -0.685. The molecule has 0 aliphatic carbocycles. The minimum Gasteiger partial charge on any atom is -0.461 e. The highest BCUT2D eigenvalue weighted by Gasteiger charge is 2.13. The number of rotatable bonds is 7. The maximum Gasteiger partial charge on any atom is 0.424 e. The summed E-state index contributed by atoms with van der Waals surface area (Å²) < 4.78 is 10.2. The average Bonchev–Trinajstić information content (AvgIpc) is 2.64. The summed E-state index contributed by atoms with van der Waals surface area (Å²) in [5.74, 6) is 5.16. The Hall–Kier alpha value is -2.57. The number of benzene rings is 2. The van der Waals surface area contributed by atoms with E-state index in [9.17, 15) is 9.59 Å². The summed E-state index contributed by atoms with van der Waals surface area (Å²) >= 11 is 0. The van der Waals surface area contributed by atoms with Crippen molar-refractivity contribution in [2.75, 3.05) is 6.54 Å². The Labute approximate surface area is 152 Å². The summed E-state index contributed by atoms with van der Waals surface area (Å²) in [7, 11) is 0. The van der Waals surface area contributed by atoms with E-state index in [0.717, 1.165) is 16.1 Å². The van der Waals surface area contributed by atoms with Crippen LogP contribution in [-0.2, 0) is 27.5 Å². The third-order valence-electron chi connectivity index (χ3n) is 3.24. The first kappa shape index (κ1) is 20.5. The van der Waals surface area contributed by atoms with Crippen LogP contribution < -0.4 is 5.84 Å². The van der Waals surface area contributed by atoms with Crippen molar-refractivity contribution in [3.63, 3.8) is 0 Å². The van der Waals surface area contributed by atoms with E-state index < -0.39 is 12.1 Å². The molecule has 0 saturated carbocycles. The number of amides is 1. The molecule has 2 N–H and O–H groups in total. The van der Waals surface area contributed by atoms with E-state index in [1.165, 1.54) is 0 Å². The Morgan fingerprint density at radius 1 is 0.840 bits per heavy atom. The van der Waals surface area contributed by atoms with Crippen molar-refractivity contribution >= 4 is 24.5 Å². The first-order valence-electron chi connectivity index (χ1n) is 7.57. The Morgan fingerprint density at radius 2 is 1.32 bits per heavy atom. The zero-order valence-electron chi connectivity index (χ0n) is 13.7. The highest BCUT2D eigenvalue weighted by atomic mass is 35.5. The number of hydrogen-bond acceptors (Lipinski definition) is 5. The number of nitrogens with two attached hydrogens (primary N) is 1. The van der Waals surface area contributed by atoms with Crippen molar-refractivity contribution in [1.29, 1.82) is 0 Å². The van der Waals surface area contributed by atoms with Gasteiger partial charge in [0.05, 0.1) is 13.0 Å². The van der Waals surface area contributed by atoms with Crippen LogP contribution in [0.15, 0.2) is 60.7 Å². The lowest BCUT2D eigenvalue weighted by atomic mass is 10.2. The maximum atomic E-state index is 11.7. The molecule has 0 heterocycles. The van der Waals surface area contributed by atoms with Gasteiger partial charge in [-0.2, -0.15) is 0 Å². The third-order valence-corrected chi connectivity index (χ3v) is 3.24. The van der Waals surface area contributed by atoms with Crippen molar-refractivity contribution in [3.05, 3.63) is 71.8 Å². The predicted molar refractivity (Wildman–Crippen MR) is 95.6 cm³/mol. The number of carbonyl (C=O) groups is 2. The van der Waals surface area contributed by atoms with Gasteiger partial charge < -0.3 is 9.47 Å². The standard InChI is InChI=1S/C18H20N2O4.ClH/c19-20(18(22)24-14-16-9-5-2-6-10-16)12-11-17(21)23-13-15-7-3-1-4-8-15;/h1-10H,11-14,19H2;1H. The zero-order valence-corrected chi connectivity index (χ0v) is 14.5. The smallest absolute Gasteiger partial charge is 0.424 e. The van der Waals surface area contributed by atoms with Crippen molar-refractivity contribution < 1.29 is 19.1 Å². The molecule has 0 saturated heterocycles. The molecule has 0 aliphatic heterocycles. The molecule has 2 rings (SSSR count). The van der Waals surface area contributed by atoms with Crippen LogP contribution in [0.3, 0.4) is 0 Å². The van der Waals surface area contributed by atoms with Gasteiger partial charge in [0.1, 0.15) is 13.2 Å². The highest BCUT2D eigenvalue weighted by Crippen LogP contribution is 2.04. The summed E-state index contributed by atoms with van der Waals surface area (Å²) in [5.41, 5.74) is 1.76. The largest absolute Gasteiger partial charge is 0.461 e. The Bertz CT molecular complexity index is 653. The van der Waals surface area contributed by atoms with E-state index in [0.29, 0.717) is 0 Å². The number of hydrogen-bond donors (Lipinski definition) is 1. The van der Waals surface area contributed by atoms with Crippen molar-refractivity contribution in [2.45, 2.75) is 19.6 Å². The first-order chi connectivity index (χ1) is 11.6. The number of nitrogens with zero attached hydrogens (tertiary/aromatic N) is 1. The van der Waals surface area contributed by atoms with Crippen LogP contribution in [0.5, 0.6) is 0 Å². The molecule has 1 amide bonds. The second-order valence-corrected chi connectivity index (χ2v) is 5.13. The monoisotopic (exact) mass is 364 g/mol. The molecule has 0 fully saturated rings. The fraction of sp³-hybridized carbons (Fsp3) is 0.222. The fourth-order valence-electron chi connectivity index (χ4n) is 1.92. The molecule has 134 valence electrons. The summed E-state index contributed by atoms with van der Waals surface area (Å²) in [6.45, 7) is 0.357. The van der Waals surface area contributed by atoms with E-state index in [2.05, 4.69) is 0 Å². The number of hydrazine groups is 1. The maximum absolute atomic E-state index is 11.7. The molecule has 0 radical (unpaired) electrons. The molecular formula is C18H21ClN2O4. The quantitative estimate of drug-likeness (QED) is 0.353. The topological polar surface area (TPSA) is 81.9 Å². The van der Waals surface area contributed by atoms with E-state index in [4.69, 9.17) is 15.3 Å². The second kappa shape index (κ2) is 11.1. The molecule has 0 atom stereocenters. The third kappa shape index (κ3) is 7.69. The summed E-state index contributed by atoms with van der Waals surface area (Å²) in [5, 5.41) is 0.868. The van der Waals surface area contributed by atoms with Crippen LogP contribution in [0, 0.1) is 0 Å². The molecular weight excluding hydrogens is 344 g/mol. The normalized spacial score (nSPS) is 9.64. The van der Waals surface area contributed by atoms with Gasteiger partial charge in [-0.1, -0.05) is 60.7 Å². The lowest BCUT2D eigenvalue weighted by Crippen LogP contribution is -2.39. The number of ether oxygens (including phenoxy) is 2. The summed E-state index contributed by atoms with van der Waals surface area (Å²) in [6.07, 6.45) is -0.682. The molecule has 0 aliphatic rings. The van der Waals surface area contributed by atoms with Crippen LogP contribution in [0.4, 0.5) is 4.79 Å². The highest BCUT2D eigenvalue weighted by molar-refractivity contribution is 5.85. The summed E-state index contributed by atoms with van der Waals surface area (Å²) in [6, 6.07) is 18.6. The average molecular weight is 365 g/mol. The fourth-order valence-corrected chi connectivity index (χ4v) is 1.92. The Kier molecular flexibility index (Phi) is 9.06. The van der Waals surface area contributed by atoms with E-state index in [1.807, 2.05) is 60.7 Å². The Morgan fingerprint density at radius 3 is 1.84 bits per heavy atom. The van der Waals surface area contributed by atoms with Crippen LogP contribution in [0.1, 0.15) is 17.5 Å². The molecule has 6 nitrogen and oxygen atoms in total. The van der Waals surface area contributed by atoms with Gasteiger partial charge in [0.2, 0.25) is 0 Å². The van der Waals surface area contributed by atoms with E-state index >= 15 is 0 Å². The lowest BCUT2D eigenvalue weighted by molar-refractivity contribution is -0.145. The SMILES string of the molecule is Cl.NN(CCC(=O)OCc1ccccc1)C(=O)OCc1ccccc1. The lowest BCUT2D eigenvalue weighted by Gasteiger charge is -2.16. The first-order valence-corrected chi connectivity index (χ1v) is 7.57. The van der Waals surface area contributed by atoms with Gasteiger partial charge in [0.15, 0.2) is 0 Å². The van der Waals surface area contributed by atoms with Crippen LogP contribution in [0.2, 0.25) is 0 Å². The van der Waals surface area contributed by atoms with Crippen molar-refractivity contribution in [3.8, 4) is 0 Å². The second-order valence-electron chi connectivity index (χ2n) is 5.13. The van der Waals surface area contributed by atoms with Crippen molar-refractivity contribution in [1.82, 2.24) is 5.01 Å². The molecule has 2 aromatic rings. The van der Waals surface area contributed by atoms with Gasteiger partial charge in [-0.15, -0.1) is 12.4 Å². The molecule has 0 aromatic heterocycles. The van der Waals surface area contributed by atoms with Gasteiger partial charge in [-0.25, -0.2) is 15.6 Å².